The van der Waals surface area contributed by atoms with E-state index in [0.29, 0.717) is 16.4 Å². The summed E-state index contributed by atoms with van der Waals surface area (Å²) in [6, 6.07) is 11.4. The van der Waals surface area contributed by atoms with Gasteiger partial charge in [-0.1, -0.05) is 17.7 Å². The molecule has 0 saturated carbocycles. The van der Waals surface area contributed by atoms with Crippen molar-refractivity contribution in [1.29, 1.82) is 0 Å². The Morgan fingerprint density at radius 2 is 2.00 bits per heavy atom. The fourth-order valence-corrected chi connectivity index (χ4v) is 2.61. The zero-order valence-corrected chi connectivity index (χ0v) is 12.1. The van der Waals surface area contributed by atoms with Crippen molar-refractivity contribution in [2.24, 2.45) is 5.84 Å². The third-order valence-corrected chi connectivity index (χ3v) is 3.74. The van der Waals surface area contributed by atoms with Crippen LogP contribution in [0.5, 0.6) is 0 Å². The molecule has 0 radical (unpaired) electrons. The number of furan rings is 1. The van der Waals surface area contributed by atoms with E-state index in [0.717, 1.165) is 16.5 Å². The highest BCUT2D eigenvalue weighted by atomic mass is 35.5. The average Bonchev–Trinajstić information content (AvgIpc) is 2.86. The molecular formula is C16H14ClFN2O. The molecule has 1 atom stereocenters. The van der Waals surface area contributed by atoms with Crippen LogP contribution in [-0.2, 0) is 0 Å². The minimum atomic E-state index is -0.424. The molecule has 108 valence electrons. The van der Waals surface area contributed by atoms with E-state index in [9.17, 15) is 4.39 Å². The molecule has 5 heteroatoms. The van der Waals surface area contributed by atoms with Gasteiger partial charge in [0, 0.05) is 10.4 Å². The van der Waals surface area contributed by atoms with Crippen LogP contribution in [0.15, 0.2) is 46.9 Å². The number of halogens is 2. The van der Waals surface area contributed by atoms with Gasteiger partial charge in [-0.05, 0) is 54.4 Å². The van der Waals surface area contributed by atoms with Crippen molar-refractivity contribution in [3.8, 4) is 0 Å². The molecule has 1 heterocycles. The van der Waals surface area contributed by atoms with Crippen LogP contribution >= 0.6 is 11.6 Å². The second-order valence-corrected chi connectivity index (χ2v) is 5.37. The fraction of sp³-hybridized carbons (Fsp3) is 0.125. The Balaban J connectivity index is 2.11. The Bertz CT molecular complexity index is 800. The molecule has 3 rings (SSSR count). The Kier molecular flexibility index (Phi) is 3.68. The van der Waals surface area contributed by atoms with Crippen molar-refractivity contribution in [3.63, 3.8) is 0 Å². The number of aryl methyl sites for hydroxylation is 1. The molecule has 1 aromatic heterocycles. The quantitative estimate of drug-likeness (QED) is 0.566. The van der Waals surface area contributed by atoms with Crippen LogP contribution in [0, 0.1) is 12.7 Å². The number of fused-ring (bicyclic) bond motifs is 1. The van der Waals surface area contributed by atoms with Crippen LogP contribution in [0.25, 0.3) is 11.0 Å². The molecule has 0 aliphatic carbocycles. The van der Waals surface area contributed by atoms with Gasteiger partial charge in [0.2, 0.25) is 0 Å². The number of rotatable bonds is 3. The number of hydrogen-bond donors (Lipinski definition) is 2. The van der Waals surface area contributed by atoms with Gasteiger partial charge in [-0.2, -0.15) is 0 Å². The first-order valence-corrected chi connectivity index (χ1v) is 6.87. The van der Waals surface area contributed by atoms with Crippen LogP contribution in [0.1, 0.15) is 22.9 Å². The summed E-state index contributed by atoms with van der Waals surface area (Å²) in [6.45, 7) is 1.90. The van der Waals surface area contributed by atoms with Crippen molar-refractivity contribution >= 4 is 22.6 Å². The first kappa shape index (κ1) is 14.1. The Morgan fingerprint density at radius 3 is 2.76 bits per heavy atom. The fourth-order valence-electron chi connectivity index (χ4n) is 2.42. The maximum Gasteiger partial charge on any atom is 0.134 e. The highest BCUT2D eigenvalue weighted by Gasteiger charge is 2.19. The molecule has 2 aromatic carbocycles. The van der Waals surface area contributed by atoms with Crippen molar-refractivity contribution in [1.82, 2.24) is 5.43 Å². The largest absolute Gasteiger partial charge is 0.459 e. The summed E-state index contributed by atoms with van der Waals surface area (Å²) in [7, 11) is 0. The summed E-state index contributed by atoms with van der Waals surface area (Å²) in [4.78, 5) is 0. The van der Waals surface area contributed by atoms with Gasteiger partial charge in [-0.15, -0.1) is 0 Å². The lowest BCUT2D eigenvalue weighted by molar-refractivity contribution is 0.474. The van der Waals surface area contributed by atoms with Crippen LogP contribution in [0.4, 0.5) is 4.39 Å². The molecule has 0 saturated heterocycles. The molecule has 21 heavy (non-hydrogen) atoms. The maximum absolute atomic E-state index is 13.5. The van der Waals surface area contributed by atoms with E-state index in [-0.39, 0.29) is 5.82 Å². The lowest BCUT2D eigenvalue weighted by Crippen LogP contribution is -2.29. The minimum Gasteiger partial charge on any atom is -0.459 e. The third kappa shape index (κ3) is 2.65. The van der Waals surface area contributed by atoms with Gasteiger partial charge >= 0.3 is 0 Å². The first-order chi connectivity index (χ1) is 10.1. The van der Waals surface area contributed by atoms with Gasteiger partial charge < -0.3 is 4.42 Å². The third-order valence-electron chi connectivity index (χ3n) is 3.50. The van der Waals surface area contributed by atoms with Crippen LogP contribution in [0.2, 0.25) is 5.02 Å². The summed E-state index contributed by atoms with van der Waals surface area (Å²) in [5.74, 6) is 5.95. The summed E-state index contributed by atoms with van der Waals surface area (Å²) in [6.07, 6.45) is 0. The van der Waals surface area contributed by atoms with Crippen LogP contribution in [-0.4, -0.2) is 0 Å². The molecule has 0 fully saturated rings. The van der Waals surface area contributed by atoms with E-state index in [2.05, 4.69) is 5.43 Å². The molecule has 3 N–H and O–H groups in total. The predicted octanol–water partition coefficient (Wildman–Crippen LogP) is 4.09. The highest BCUT2D eigenvalue weighted by Crippen LogP contribution is 2.31. The minimum absolute atomic E-state index is 0.310. The SMILES string of the molecule is Cc1ccc(F)cc1C(NN)c1cc2cc(Cl)ccc2o1. The molecule has 0 bridgehead atoms. The lowest BCUT2D eigenvalue weighted by Gasteiger charge is -2.16. The van der Waals surface area contributed by atoms with Crippen LogP contribution < -0.4 is 11.3 Å². The van der Waals surface area contributed by atoms with Gasteiger partial charge in [0.1, 0.15) is 23.2 Å². The van der Waals surface area contributed by atoms with E-state index < -0.39 is 6.04 Å². The lowest BCUT2D eigenvalue weighted by atomic mass is 9.99. The van der Waals surface area contributed by atoms with E-state index in [1.807, 2.05) is 19.1 Å². The van der Waals surface area contributed by atoms with E-state index >= 15 is 0 Å². The van der Waals surface area contributed by atoms with Crippen molar-refractivity contribution in [2.45, 2.75) is 13.0 Å². The van der Waals surface area contributed by atoms with Crippen LogP contribution in [0.3, 0.4) is 0 Å². The molecule has 0 spiro atoms. The second kappa shape index (κ2) is 5.48. The van der Waals surface area contributed by atoms with Gasteiger partial charge in [0.05, 0.1) is 0 Å². The number of benzene rings is 2. The molecule has 0 aliphatic rings. The van der Waals surface area contributed by atoms with E-state index in [1.165, 1.54) is 12.1 Å². The van der Waals surface area contributed by atoms with E-state index in [4.69, 9.17) is 21.9 Å². The summed E-state index contributed by atoms with van der Waals surface area (Å²) < 4.78 is 19.3. The average molecular weight is 305 g/mol. The number of nitrogens with one attached hydrogen (secondary N) is 1. The summed E-state index contributed by atoms with van der Waals surface area (Å²) in [5.41, 5.74) is 5.06. The Morgan fingerprint density at radius 1 is 1.19 bits per heavy atom. The number of hydrazine groups is 1. The topological polar surface area (TPSA) is 51.2 Å². The summed E-state index contributed by atoms with van der Waals surface area (Å²) >= 11 is 5.97. The van der Waals surface area contributed by atoms with Crippen molar-refractivity contribution in [2.75, 3.05) is 0 Å². The molecular weight excluding hydrogens is 291 g/mol. The first-order valence-electron chi connectivity index (χ1n) is 6.49. The zero-order valence-electron chi connectivity index (χ0n) is 11.4. The number of nitrogens with two attached hydrogens (primary N) is 1. The predicted molar refractivity (Wildman–Crippen MR) is 81.5 cm³/mol. The van der Waals surface area contributed by atoms with E-state index in [1.54, 1.807) is 18.2 Å². The second-order valence-electron chi connectivity index (χ2n) is 4.93. The number of hydrogen-bond acceptors (Lipinski definition) is 3. The monoisotopic (exact) mass is 304 g/mol. The smallest absolute Gasteiger partial charge is 0.134 e. The zero-order chi connectivity index (χ0) is 15.0. The summed E-state index contributed by atoms with van der Waals surface area (Å²) in [5, 5.41) is 1.51. The normalized spacial score (nSPS) is 12.8. The van der Waals surface area contributed by atoms with Gasteiger partial charge in [-0.25, -0.2) is 9.82 Å². The maximum atomic E-state index is 13.5. The highest BCUT2D eigenvalue weighted by molar-refractivity contribution is 6.31. The molecule has 0 aliphatic heterocycles. The van der Waals surface area contributed by atoms with Gasteiger partial charge in [0.25, 0.3) is 0 Å². The Labute approximate surface area is 126 Å². The molecule has 3 nitrogen and oxygen atoms in total. The molecule has 0 amide bonds. The standard InChI is InChI=1S/C16H14ClFN2O/c1-9-2-4-12(18)8-13(9)16(20-19)15-7-10-6-11(17)3-5-14(10)21-15/h2-8,16,20H,19H2,1H3. The van der Waals surface area contributed by atoms with Crippen molar-refractivity contribution < 1.29 is 8.81 Å². The van der Waals surface area contributed by atoms with Crippen molar-refractivity contribution in [3.05, 3.63) is 70.2 Å². The Hall–Kier alpha value is -1.88. The van der Waals surface area contributed by atoms with Gasteiger partial charge in [0.15, 0.2) is 0 Å². The van der Waals surface area contributed by atoms with Gasteiger partial charge in [-0.3, -0.25) is 5.84 Å². The molecule has 3 aromatic rings. The molecule has 1 unspecified atom stereocenters.